The summed E-state index contributed by atoms with van der Waals surface area (Å²) in [6, 6.07) is 0.750. The molecule has 1 N–H and O–H groups in total. The Hall–Kier alpha value is -1.37. The van der Waals surface area contributed by atoms with E-state index in [2.05, 4.69) is 10.4 Å². The molecule has 0 spiro atoms. The van der Waals surface area contributed by atoms with Crippen LogP contribution in [0.4, 0.5) is 13.2 Å². The van der Waals surface area contributed by atoms with E-state index in [0.717, 1.165) is 10.7 Å². The fourth-order valence-electron chi connectivity index (χ4n) is 1.12. The zero-order chi connectivity index (χ0) is 11.6. The van der Waals surface area contributed by atoms with E-state index in [1.165, 1.54) is 7.05 Å². The minimum atomic E-state index is -4.52. The van der Waals surface area contributed by atoms with Crippen molar-refractivity contribution in [3.8, 4) is 0 Å². The minimum Gasteiger partial charge on any atom is -0.313 e. The van der Waals surface area contributed by atoms with Crippen molar-refractivity contribution >= 4 is 5.78 Å². The Morgan fingerprint density at radius 2 is 2.20 bits per heavy atom. The molecule has 0 aliphatic carbocycles. The molecule has 1 rings (SSSR count). The van der Waals surface area contributed by atoms with E-state index in [9.17, 15) is 18.0 Å². The van der Waals surface area contributed by atoms with Crippen molar-refractivity contribution in [1.82, 2.24) is 15.1 Å². The predicted octanol–water partition coefficient (Wildman–Crippen LogP) is 0.841. The van der Waals surface area contributed by atoms with Gasteiger partial charge in [-0.1, -0.05) is 0 Å². The summed E-state index contributed by atoms with van der Waals surface area (Å²) >= 11 is 0. The lowest BCUT2D eigenvalue weighted by Crippen LogP contribution is -2.20. The van der Waals surface area contributed by atoms with Crippen molar-refractivity contribution in [2.24, 2.45) is 7.05 Å². The third kappa shape index (κ3) is 2.56. The molecule has 1 heterocycles. The molecule has 0 aliphatic heterocycles. The average molecular weight is 221 g/mol. The van der Waals surface area contributed by atoms with Crippen molar-refractivity contribution in [3.05, 3.63) is 17.5 Å². The first-order chi connectivity index (χ1) is 6.86. The summed E-state index contributed by atoms with van der Waals surface area (Å²) in [6.45, 7) is -0.0170. The second-order valence-electron chi connectivity index (χ2n) is 2.99. The first-order valence-corrected chi connectivity index (χ1v) is 4.15. The van der Waals surface area contributed by atoms with E-state index in [-0.39, 0.29) is 12.2 Å². The normalized spacial score (nSPS) is 11.8. The highest BCUT2D eigenvalue weighted by molar-refractivity contribution is 5.96. The average Bonchev–Trinajstić information content (AvgIpc) is 2.47. The second-order valence-corrected chi connectivity index (χ2v) is 2.99. The molecule has 0 saturated carbocycles. The van der Waals surface area contributed by atoms with Gasteiger partial charge in [-0.3, -0.25) is 9.48 Å². The Balaban J connectivity index is 3.02. The molecule has 84 valence electrons. The molecule has 0 aliphatic rings. The summed E-state index contributed by atoms with van der Waals surface area (Å²) in [5.41, 5.74) is -1.11. The van der Waals surface area contributed by atoms with Gasteiger partial charge in [-0.2, -0.15) is 18.3 Å². The largest absolute Gasteiger partial charge is 0.435 e. The molecular formula is C8H10F3N3O. The molecule has 0 amide bonds. The number of aryl methyl sites for hydroxylation is 1. The van der Waals surface area contributed by atoms with Crippen LogP contribution in [0, 0.1) is 0 Å². The molecule has 7 heteroatoms. The second kappa shape index (κ2) is 4.01. The smallest absolute Gasteiger partial charge is 0.313 e. The van der Waals surface area contributed by atoms with E-state index in [1.54, 1.807) is 7.05 Å². The number of nitrogens with one attached hydrogen (secondary N) is 1. The first kappa shape index (κ1) is 11.7. The maximum absolute atomic E-state index is 12.2. The van der Waals surface area contributed by atoms with Crippen LogP contribution in [0.15, 0.2) is 6.07 Å². The third-order valence-electron chi connectivity index (χ3n) is 1.79. The molecule has 0 atom stereocenters. The van der Waals surface area contributed by atoms with Gasteiger partial charge in [0.25, 0.3) is 0 Å². The lowest BCUT2D eigenvalue weighted by molar-refractivity contribution is -0.141. The summed E-state index contributed by atoms with van der Waals surface area (Å²) < 4.78 is 37.6. The van der Waals surface area contributed by atoms with Crippen LogP contribution < -0.4 is 5.32 Å². The molecular weight excluding hydrogens is 211 g/mol. The third-order valence-corrected chi connectivity index (χ3v) is 1.79. The van der Waals surface area contributed by atoms with Gasteiger partial charge in [0.2, 0.25) is 0 Å². The lowest BCUT2D eigenvalue weighted by atomic mass is 10.2. The fourth-order valence-corrected chi connectivity index (χ4v) is 1.12. The number of rotatable bonds is 3. The van der Waals surface area contributed by atoms with Gasteiger partial charge >= 0.3 is 6.18 Å². The van der Waals surface area contributed by atoms with Gasteiger partial charge in [-0.25, -0.2) is 0 Å². The molecule has 0 saturated heterocycles. The Morgan fingerprint density at radius 3 is 2.60 bits per heavy atom. The highest BCUT2D eigenvalue weighted by Crippen LogP contribution is 2.28. The van der Waals surface area contributed by atoms with Gasteiger partial charge < -0.3 is 5.32 Å². The number of aromatic nitrogens is 2. The van der Waals surface area contributed by atoms with Crippen molar-refractivity contribution in [3.63, 3.8) is 0 Å². The standard InChI is InChI=1S/C8H10F3N3O/c1-12-4-6(15)5-3-7(8(9,10)11)13-14(5)2/h3,12H,4H2,1-2H3. The van der Waals surface area contributed by atoms with E-state index in [1.807, 2.05) is 0 Å². The van der Waals surface area contributed by atoms with E-state index in [0.29, 0.717) is 0 Å². The number of likely N-dealkylation sites (N-methyl/N-ethyl adjacent to an activating group) is 1. The van der Waals surface area contributed by atoms with Crippen molar-refractivity contribution in [1.29, 1.82) is 0 Å². The van der Waals surface area contributed by atoms with Crippen molar-refractivity contribution < 1.29 is 18.0 Å². The summed E-state index contributed by atoms with van der Waals surface area (Å²) in [4.78, 5) is 11.3. The van der Waals surface area contributed by atoms with Crippen molar-refractivity contribution in [2.45, 2.75) is 6.18 Å². The molecule has 15 heavy (non-hydrogen) atoms. The molecule has 0 aromatic carbocycles. The lowest BCUT2D eigenvalue weighted by Gasteiger charge is -1.99. The van der Waals surface area contributed by atoms with Crippen LogP contribution in [-0.4, -0.2) is 29.2 Å². The quantitative estimate of drug-likeness (QED) is 0.769. The van der Waals surface area contributed by atoms with E-state index in [4.69, 9.17) is 0 Å². The molecule has 1 aromatic rings. The predicted molar refractivity (Wildman–Crippen MR) is 46.5 cm³/mol. The molecule has 1 aromatic heterocycles. The van der Waals surface area contributed by atoms with Crippen molar-refractivity contribution in [2.75, 3.05) is 13.6 Å². The Kier molecular flexibility index (Phi) is 3.13. The number of carbonyl (C=O) groups excluding carboxylic acids is 1. The number of Topliss-reactive ketones (excluding diaryl/α,β-unsaturated/α-hetero) is 1. The maximum atomic E-state index is 12.2. The number of carbonyl (C=O) groups is 1. The zero-order valence-corrected chi connectivity index (χ0v) is 8.22. The SMILES string of the molecule is CNCC(=O)c1cc(C(F)(F)F)nn1C. The van der Waals surface area contributed by atoms with Crippen LogP contribution in [0.1, 0.15) is 16.2 Å². The molecule has 0 bridgehead atoms. The van der Waals surface area contributed by atoms with Gasteiger partial charge in [0.05, 0.1) is 6.54 Å². The van der Waals surface area contributed by atoms with Crippen LogP contribution in [0.3, 0.4) is 0 Å². The van der Waals surface area contributed by atoms with E-state index < -0.39 is 17.7 Å². The van der Waals surface area contributed by atoms with Crippen LogP contribution >= 0.6 is 0 Å². The van der Waals surface area contributed by atoms with Gasteiger partial charge in [0.1, 0.15) is 5.69 Å². The Morgan fingerprint density at radius 1 is 1.60 bits per heavy atom. The zero-order valence-electron chi connectivity index (χ0n) is 8.22. The number of hydrogen-bond acceptors (Lipinski definition) is 3. The van der Waals surface area contributed by atoms with E-state index >= 15 is 0 Å². The summed E-state index contributed by atoms with van der Waals surface area (Å²) in [6.07, 6.45) is -4.52. The Labute approximate surface area is 84.1 Å². The number of nitrogens with zero attached hydrogens (tertiary/aromatic N) is 2. The van der Waals surface area contributed by atoms with Gasteiger partial charge in [0.15, 0.2) is 11.5 Å². The van der Waals surface area contributed by atoms with Crippen LogP contribution in [0.2, 0.25) is 0 Å². The number of halogens is 3. The molecule has 0 radical (unpaired) electrons. The number of alkyl halides is 3. The van der Waals surface area contributed by atoms with Crippen LogP contribution in [-0.2, 0) is 13.2 Å². The molecule has 4 nitrogen and oxygen atoms in total. The molecule has 0 unspecified atom stereocenters. The first-order valence-electron chi connectivity index (χ1n) is 4.15. The monoisotopic (exact) mass is 221 g/mol. The number of ketones is 1. The van der Waals surface area contributed by atoms with Crippen LogP contribution in [0.5, 0.6) is 0 Å². The fraction of sp³-hybridized carbons (Fsp3) is 0.500. The summed E-state index contributed by atoms with van der Waals surface area (Å²) in [5.74, 6) is -0.428. The Bertz CT molecular complexity index is 370. The minimum absolute atomic E-state index is 0.0170. The number of hydrogen-bond donors (Lipinski definition) is 1. The topological polar surface area (TPSA) is 46.9 Å². The van der Waals surface area contributed by atoms with Gasteiger partial charge in [-0.05, 0) is 13.1 Å². The maximum Gasteiger partial charge on any atom is 0.435 e. The summed E-state index contributed by atoms with van der Waals surface area (Å²) in [5, 5.41) is 5.80. The summed E-state index contributed by atoms with van der Waals surface area (Å²) in [7, 11) is 2.84. The van der Waals surface area contributed by atoms with Gasteiger partial charge in [0, 0.05) is 7.05 Å². The highest BCUT2D eigenvalue weighted by atomic mass is 19.4. The van der Waals surface area contributed by atoms with Crippen LogP contribution in [0.25, 0.3) is 0 Å². The highest BCUT2D eigenvalue weighted by Gasteiger charge is 2.35. The van der Waals surface area contributed by atoms with Gasteiger partial charge in [-0.15, -0.1) is 0 Å². The molecule has 0 fully saturated rings.